The van der Waals surface area contributed by atoms with Gasteiger partial charge in [-0.1, -0.05) is 48.6 Å². The number of furan rings is 1. The molecule has 6 heteroatoms. The van der Waals surface area contributed by atoms with E-state index in [2.05, 4.69) is 134 Å². The number of benzene rings is 3. The molecule has 0 N–H and O–H groups in total. The number of fused-ring (bicyclic) bond motifs is 3. The summed E-state index contributed by atoms with van der Waals surface area (Å²) in [7, 11) is 0. The zero-order chi connectivity index (χ0) is 36.3. The van der Waals surface area contributed by atoms with Crippen LogP contribution in [0.4, 0.5) is 0 Å². The van der Waals surface area contributed by atoms with Crippen LogP contribution in [0, 0.1) is 37.8 Å². The van der Waals surface area contributed by atoms with Crippen molar-refractivity contribution in [2.45, 2.75) is 71.7 Å². The first-order valence-corrected chi connectivity index (χ1v) is 25.4. The maximum absolute atomic E-state index is 6.39. The molecule has 52 heavy (non-hydrogen) atoms. The Bertz CT molecular complexity index is 2270. The van der Waals surface area contributed by atoms with E-state index >= 15 is 0 Å². The molecule has 4 heterocycles. The monoisotopic (exact) mass is 926 g/mol. The average molecular weight is 925 g/mol. The third-order valence-electron chi connectivity index (χ3n) is 8.98. The van der Waals surface area contributed by atoms with Crippen LogP contribution >= 0.6 is 0 Å². The van der Waals surface area contributed by atoms with Crippen molar-refractivity contribution in [3.63, 3.8) is 0 Å². The Hall–Kier alpha value is -3.90. The van der Waals surface area contributed by atoms with Crippen molar-refractivity contribution in [3.05, 3.63) is 132 Å². The number of pyridine rings is 3. The smallest absolute Gasteiger partial charge is 0.121 e. The Labute approximate surface area is 326 Å². The standard InChI is InChI=1S/C28H25N2O.C18H24GeN.Ir/c1-17(2)12-20-10-11-29-26(15-20)25-7-5-6-24-23-9-8-21(16-27(23)31-28(24)25)22-13-18(3)30-19(4)14-22;1-14(2)11-16-12-18(15-9-7-6-8-10-15)20-13-17(16)19(3,4)5;/h5-6,8-11,13-17H,12H2,1-4H3;6-9,12-14H,11H2,1-5H3;/q2*-1;. The maximum atomic E-state index is 6.39. The zero-order valence-corrected chi connectivity index (χ0v) is 36.4. The largest absolute Gasteiger partial charge is 0.501 e. The van der Waals surface area contributed by atoms with E-state index in [0.29, 0.717) is 11.8 Å². The molecule has 0 aliphatic rings. The Morgan fingerprint density at radius 3 is 2.13 bits per heavy atom. The molecule has 0 aliphatic carbocycles. The van der Waals surface area contributed by atoms with E-state index in [0.717, 1.165) is 79.8 Å². The SMILES string of the molecule is CC(C)Cc1cc(-c2[c-]cccc2)nc[c]1[Ge]([CH3])([CH3])[CH3].Cc1cc(-c2ccc3c(c2)oc2c(-c4cc(CC(C)C)ccn4)[c-]ccc23)cc(C)n1.[Ir]. The van der Waals surface area contributed by atoms with Crippen molar-refractivity contribution in [1.82, 2.24) is 15.0 Å². The second-order valence-electron chi connectivity index (χ2n) is 15.5. The number of hydrogen-bond donors (Lipinski definition) is 0. The first-order valence-electron chi connectivity index (χ1n) is 18.1. The topological polar surface area (TPSA) is 51.8 Å². The fourth-order valence-electron chi connectivity index (χ4n) is 6.80. The molecule has 4 nitrogen and oxygen atoms in total. The normalized spacial score (nSPS) is 11.5. The summed E-state index contributed by atoms with van der Waals surface area (Å²) in [5.41, 5.74) is 12.8. The van der Waals surface area contributed by atoms with E-state index in [1.807, 2.05) is 44.3 Å². The van der Waals surface area contributed by atoms with Gasteiger partial charge in [0.1, 0.15) is 5.58 Å². The van der Waals surface area contributed by atoms with Gasteiger partial charge in [0, 0.05) is 43.1 Å². The molecular formula is C46H49GeIrN3O-2. The molecule has 0 spiro atoms. The Kier molecular flexibility index (Phi) is 12.7. The molecule has 0 bridgehead atoms. The molecule has 7 aromatic rings. The summed E-state index contributed by atoms with van der Waals surface area (Å²) in [5, 5.41) is 2.20. The van der Waals surface area contributed by atoms with Gasteiger partial charge in [-0.3, -0.25) is 4.98 Å². The summed E-state index contributed by atoms with van der Waals surface area (Å²) in [6.07, 6.45) is 6.18. The first-order chi connectivity index (χ1) is 24.4. The Morgan fingerprint density at radius 2 is 1.46 bits per heavy atom. The molecule has 0 saturated carbocycles. The van der Waals surface area contributed by atoms with Crippen LogP contribution in [-0.4, -0.2) is 28.2 Å². The van der Waals surface area contributed by atoms with Crippen LogP contribution in [0.2, 0.25) is 17.3 Å². The van der Waals surface area contributed by atoms with E-state index < -0.39 is 13.3 Å². The third-order valence-corrected chi connectivity index (χ3v) is 13.3. The average Bonchev–Trinajstić information content (AvgIpc) is 3.46. The van der Waals surface area contributed by atoms with Gasteiger partial charge in [-0.15, -0.1) is 18.2 Å². The fourth-order valence-corrected chi connectivity index (χ4v) is 10.1. The van der Waals surface area contributed by atoms with Gasteiger partial charge in [0.15, 0.2) is 0 Å². The van der Waals surface area contributed by atoms with Gasteiger partial charge >= 0.3 is 126 Å². The molecule has 3 aromatic carbocycles. The third kappa shape index (κ3) is 9.36. The van der Waals surface area contributed by atoms with Gasteiger partial charge < -0.3 is 9.40 Å². The second-order valence-corrected chi connectivity index (χ2v) is 26.1. The molecule has 7 rings (SSSR count). The van der Waals surface area contributed by atoms with Crippen molar-refractivity contribution in [1.29, 1.82) is 0 Å². The minimum atomic E-state index is -1.86. The number of rotatable bonds is 8. The zero-order valence-electron chi connectivity index (χ0n) is 31.9. The van der Waals surface area contributed by atoms with Gasteiger partial charge in [-0.25, -0.2) is 0 Å². The summed E-state index contributed by atoms with van der Waals surface area (Å²) in [5.74, 6) is 8.59. The summed E-state index contributed by atoms with van der Waals surface area (Å²) in [6, 6.07) is 35.9. The van der Waals surface area contributed by atoms with Crippen LogP contribution < -0.4 is 4.40 Å². The predicted molar refractivity (Wildman–Crippen MR) is 217 cm³/mol. The maximum Gasteiger partial charge on any atom is 0.121 e. The Balaban J connectivity index is 0.000000217. The summed E-state index contributed by atoms with van der Waals surface area (Å²) >= 11 is -1.86. The summed E-state index contributed by atoms with van der Waals surface area (Å²) in [6.45, 7) is 13.1. The summed E-state index contributed by atoms with van der Waals surface area (Å²) < 4.78 is 7.93. The number of aryl methyl sites for hydroxylation is 2. The van der Waals surface area contributed by atoms with Crippen molar-refractivity contribution in [2.75, 3.05) is 0 Å². The molecule has 0 amide bonds. The molecule has 0 saturated heterocycles. The molecule has 4 aromatic heterocycles. The van der Waals surface area contributed by atoms with Crippen LogP contribution in [0.5, 0.6) is 0 Å². The van der Waals surface area contributed by atoms with Gasteiger partial charge in [0.05, 0.1) is 5.58 Å². The molecule has 269 valence electrons. The number of hydrogen-bond acceptors (Lipinski definition) is 4. The molecular weight excluding hydrogens is 875 g/mol. The second kappa shape index (κ2) is 16.8. The minimum absolute atomic E-state index is 0. The van der Waals surface area contributed by atoms with E-state index in [4.69, 9.17) is 9.40 Å². The van der Waals surface area contributed by atoms with E-state index in [9.17, 15) is 0 Å². The van der Waals surface area contributed by atoms with Crippen LogP contribution in [0.25, 0.3) is 55.6 Å². The van der Waals surface area contributed by atoms with Crippen LogP contribution in [0.3, 0.4) is 0 Å². The molecule has 0 fully saturated rings. The van der Waals surface area contributed by atoms with Crippen molar-refractivity contribution in [3.8, 4) is 33.6 Å². The fraction of sp³-hybridized carbons (Fsp3) is 0.283. The van der Waals surface area contributed by atoms with E-state index in [1.165, 1.54) is 11.1 Å². The molecule has 0 unspecified atom stereocenters. The van der Waals surface area contributed by atoms with Crippen molar-refractivity contribution >= 4 is 39.6 Å². The quantitative estimate of drug-likeness (QED) is 0.113. The summed E-state index contributed by atoms with van der Waals surface area (Å²) in [4.78, 5) is 13.8. The molecule has 1 radical (unpaired) electrons. The predicted octanol–water partition coefficient (Wildman–Crippen LogP) is 11.6. The van der Waals surface area contributed by atoms with Crippen LogP contribution in [0.15, 0.2) is 102 Å². The number of nitrogens with zero attached hydrogens (tertiary/aromatic N) is 3. The minimum Gasteiger partial charge on any atom is -0.501 e. The van der Waals surface area contributed by atoms with E-state index in [1.54, 1.807) is 4.40 Å². The van der Waals surface area contributed by atoms with Gasteiger partial charge in [0.25, 0.3) is 0 Å². The van der Waals surface area contributed by atoms with Crippen molar-refractivity contribution < 1.29 is 24.5 Å². The van der Waals surface area contributed by atoms with Crippen molar-refractivity contribution in [2.24, 2.45) is 11.8 Å². The molecule has 0 atom stereocenters. The van der Waals surface area contributed by atoms with Gasteiger partial charge in [-0.2, -0.15) is 0 Å². The van der Waals surface area contributed by atoms with E-state index in [-0.39, 0.29) is 20.1 Å². The Morgan fingerprint density at radius 1 is 0.712 bits per heavy atom. The number of aromatic nitrogens is 3. The van der Waals surface area contributed by atoms with Gasteiger partial charge in [0.2, 0.25) is 0 Å². The van der Waals surface area contributed by atoms with Gasteiger partial charge in [-0.05, 0) is 67.3 Å². The molecule has 0 aliphatic heterocycles. The van der Waals surface area contributed by atoms with Crippen LogP contribution in [-0.2, 0) is 32.9 Å². The van der Waals surface area contributed by atoms with Crippen LogP contribution in [0.1, 0.15) is 50.2 Å². The first kappa shape index (κ1) is 39.3.